The largest absolute Gasteiger partial charge is 0.452 e. The van der Waals surface area contributed by atoms with Crippen molar-refractivity contribution in [2.45, 2.75) is 6.54 Å². The molecule has 1 aromatic heterocycles. The summed E-state index contributed by atoms with van der Waals surface area (Å²) in [6, 6.07) is 20.8. The number of amides is 1. The molecule has 0 radical (unpaired) electrons. The van der Waals surface area contributed by atoms with E-state index in [1.807, 2.05) is 60.7 Å². The van der Waals surface area contributed by atoms with Gasteiger partial charge in [-0.2, -0.15) is 11.3 Å². The molecule has 0 spiro atoms. The van der Waals surface area contributed by atoms with E-state index in [4.69, 9.17) is 4.74 Å². The standard InChI is InChI=1S/C20H17NO3S/c22-19(14-24-20(23)17-11-12-25-15-17)21(18-9-5-2-6-10-18)13-16-7-3-1-4-8-16/h1-12,15H,13-14H2. The summed E-state index contributed by atoms with van der Waals surface area (Å²) in [5.41, 5.74) is 2.24. The number of thiophene rings is 1. The first-order valence-corrected chi connectivity index (χ1v) is 8.77. The zero-order valence-corrected chi connectivity index (χ0v) is 14.3. The van der Waals surface area contributed by atoms with Crippen molar-refractivity contribution in [2.75, 3.05) is 11.5 Å². The summed E-state index contributed by atoms with van der Waals surface area (Å²) in [5, 5.41) is 3.50. The molecule has 126 valence electrons. The zero-order chi connectivity index (χ0) is 17.5. The average molecular weight is 351 g/mol. The van der Waals surface area contributed by atoms with Crippen LogP contribution in [0.3, 0.4) is 0 Å². The lowest BCUT2D eigenvalue weighted by molar-refractivity contribution is -0.121. The summed E-state index contributed by atoms with van der Waals surface area (Å²) in [6.07, 6.45) is 0. The molecule has 0 bridgehead atoms. The first-order valence-electron chi connectivity index (χ1n) is 7.83. The maximum absolute atomic E-state index is 12.7. The van der Waals surface area contributed by atoms with Crippen LogP contribution in [0.4, 0.5) is 5.69 Å². The monoisotopic (exact) mass is 351 g/mol. The Labute approximate surface area is 150 Å². The number of hydrogen-bond donors (Lipinski definition) is 0. The molecule has 0 atom stereocenters. The highest BCUT2D eigenvalue weighted by Gasteiger charge is 2.18. The van der Waals surface area contributed by atoms with Gasteiger partial charge < -0.3 is 9.64 Å². The fourth-order valence-electron chi connectivity index (χ4n) is 2.37. The van der Waals surface area contributed by atoms with E-state index in [1.165, 1.54) is 11.3 Å². The Kier molecular flexibility index (Phi) is 5.59. The predicted octanol–water partition coefficient (Wildman–Crippen LogP) is 4.14. The first-order chi connectivity index (χ1) is 12.2. The van der Waals surface area contributed by atoms with E-state index >= 15 is 0 Å². The number of para-hydroxylation sites is 1. The number of hydrogen-bond acceptors (Lipinski definition) is 4. The summed E-state index contributed by atoms with van der Waals surface area (Å²) in [6.45, 7) is 0.121. The molecule has 0 aliphatic carbocycles. The summed E-state index contributed by atoms with van der Waals surface area (Å²) in [5.74, 6) is -0.749. The number of carbonyl (C=O) groups is 2. The second-order valence-corrected chi connectivity index (χ2v) is 6.17. The van der Waals surface area contributed by atoms with E-state index < -0.39 is 5.97 Å². The molecule has 0 saturated heterocycles. The van der Waals surface area contributed by atoms with Crippen molar-refractivity contribution in [3.05, 3.63) is 88.6 Å². The molecular formula is C20H17NO3S. The van der Waals surface area contributed by atoms with Gasteiger partial charge in [0.25, 0.3) is 5.91 Å². The molecular weight excluding hydrogens is 334 g/mol. The number of rotatable bonds is 6. The van der Waals surface area contributed by atoms with Crippen molar-refractivity contribution in [3.8, 4) is 0 Å². The van der Waals surface area contributed by atoms with Crippen LogP contribution in [-0.4, -0.2) is 18.5 Å². The van der Waals surface area contributed by atoms with Crippen LogP contribution in [0, 0.1) is 0 Å². The van der Waals surface area contributed by atoms with Gasteiger partial charge in [0.2, 0.25) is 0 Å². The predicted molar refractivity (Wildman–Crippen MR) is 98.7 cm³/mol. The van der Waals surface area contributed by atoms with Crippen LogP contribution in [0.1, 0.15) is 15.9 Å². The average Bonchev–Trinajstić information content (AvgIpc) is 3.20. The molecule has 1 heterocycles. The molecule has 5 heteroatoms. The van der Waals surface area contributed by atoms with Crippen LogP contribution < -0.4 is 4.90 Å². The second kappa shape index (κ2) is 8.26. The van der Waals surface area contributed by atoms with Crippen LogP contribution in [0.15, 0.2) is 77.5 Å². The van der Waals surface area contributed by atoms with Gasteiger partial charge in [-0.3, -0.25) is 4.79 Å². The molecule has 0 fully saturated rings. The Balaban J connectivity index is 1.72. The Bertz CT molecular complexity index is 817. The SMILES string of the molecule is O=C(OCC(=O)N(Cc1ccccc1)c1ccccc1)c1ccsc1. The minimum Gasteiger partial charge on any atom is -0.452 e. The van der Waals surface area contributed by atoms with Gasteiger partial charge in [-0.25, -0.2) is 4.79 Å². The van der Waals surface area contributed by atoms with E-state index in [-0.39, 0.29) is 12.5 Å². The highest BCUT2D eigenvalue weighted by Crippen LogP contribution is 2.17. The number of ether oxygens (including phenoxy) is 1. The van der Waals surface area contributed by atoms with E-state index in [0.717, 1.165) is 11.3 Å². The van der Waals surface area contributed by atoms with Gasteiger partial charge in [-0.15, -0.1) is 0 Å². The van der Waals surface area contributed by atoms with Crippen LogP contribution in [0.2, 0.25) is 0 Å². The van der Waals surface area contributed by atoms with Crippen molar-refractivity contribution in [1.82, 2.24) is 0 Å². The molecule has 25 heavy (non-hydrogen) atoms. The first kappa shape index (κ1) is 16.9. The lowest BCUT2D eigenvalue weighted by Gasteiger charge is -2.23. The van der Waals surface area contributed by atoms with E-state index in [9.17, 15) is 9.59 Å². The van der Waals surface area contributed by atoms with E-state index in [0.29, 0.717) is 12.1 Å². The number of esters is 1. The van der Waals surface area contributed by atoms with Crippen LogP contribution in [0.5, 0.6) is 0 Å². The maximum atomic E-state index is 12.7. The van der Waals surface area contributed by atoms with Crippen LogP contribution in [0.25, 0.3) is 0 Å². The van der Waals surface area contributed by atoms with Gasteiger partial charge in [0, 0.05) is 11.1 Å². The van der Waals surface area contributed by atoms with Gasteiger partial charge in [-0.05, 0) is 29.1 Å². The lowest BCUT2D eigenvalue weighted by atomic mass is 10.2. The van der Waals surface area contributed by atoms with Crippen LogP contribution in [-0.2, 0) is 16.1 Å². The smallest absolute Gasteiger partial charge is 0.339 e. The molecule has 1 amide bonds. The van der Waals surface area contributed by atoms with Gasteiger partial charge in [0.1, 0.15) is 0 Å². The maximum Gasteiger partial charge on any atom is 0.339 e. The van der Waals surface area contributed by atoms with Crippen molar-refractivity contribution in [1.29, 1.82) is 0 Å². The van der Waals surface area contributed by atoms with E-state index in [1.54, 1.807) is 21.7 Å². The zero-order valence-electron chi connectivity index (χ0n) is 13.5. The summed E-state index contributed by atoms with van der Waals surface area (Å²) in [4.78, 5) is 26.2. The minimum atomic E-state index is -0.484. The fraction of sp³-hybridized carbons (Fsp3) is 0.100. The molecule has 0 N–H and O–H groups in total. The van der Waals surface area contributed by atoms with Crippen molar-refractivity contribution < 1.29 is 14.3 Å². The third kappa shape index (κ3) is 4.55. The fourth-order valence-corrected chi connectivity index (χ4v) is 2.99. The highest BCUT2D eigenvalue weighted by atomic mass is 32.1. The number of nitrogens with zero attached hydrogens (tertiary/aromatic N) is 1. The van der Waals surface area contributed by atoms with Crippen molar-refractivity contribution >= 4 is 28.9 Å². The highest BCUT2D eigenvalue weighted by molar-refractivity contribution is 7.08. The minimum absolute atomic E-state index is 0.265. The van der Waals surface area contributed by atoms with E-state index in [2.05, 4.69) is 0 Å². The second-order valence-electron chi connectivity index (χ2n) is 5.39. The Morgan fingerprint density at radius 2 is 1.60 bits per heavy atom. The van der Waals surface area contributed by atoms with Gasteiger partial charge in [-0.1, -0.05) is 48.5 Å². The van der Waals surface area contributed by atoms with Crippen molar-refractivity contribution in [3.63, 3.8) is 0 Å². The summed E-state index contributed by atoms with van der Waals surface area (Å²) >= 11 is 1.41. The van der Waals surface area contributed by atoms with Crippen molar-refractivity contribution in [2.24, 2.45) is 0 Å². The molecule has 4 nitrogen and oxygen atoms in total. The third-order valence-electron chi connectivity index (χ3n) is 3.64. The normalized spacial score (nSPS) is 10.2. The molecule has 0 unspecified atom stereocenters. The van der Waals surface area contributed by atoms with Gasteiger partial charge in [0.15, 0.2) is 6.61 Å². The van der Waals surface area contributed by atoms with Crippen LogP contribution >= 0.6 is 11.3 Å². The number of anilines is 1. The summed E-state index contributed by atoms with van der Waals surface area (Å²) in [7, 11) is 0. The van der Waals surface area contributed by atoms with Gasteiger partial charge in [0.05, 0.1) is 12.1 Å². The Morgan fingerprint density at radius 3 is 2.24 bits per heavy atom. The lowest BCUT2D eigenvalue weighted by Crippen LogP contribution is -2.34. The molecule has 3 aromatic rings. The quantitative estimate of drug-likeness (QED) is 0.627. The number of carbonyl (C=O) groups excluding carboxylic acids is 2. The topological polar surface area (TPSA) is 46.6 Å². The molecule has 0 aliphatic heterocycles. The Morgan fingerprint density at radius 1 is 0.920 bits per heavy atom. The Hall–Kier alpha value is -2.92. The molecule has 0 saturated carbocycles. The third-order valence-corrected chi connectivity index (χ3v) is 4.32. The number of benzene rings is 2. The molecule has 2 aromatic carbocycles. The van der Waals surface area contributed by atoms with Gasteiger partial charge >= 0.3 is 5.97 Å². The molecule has 0 aliphatic rings. The molecule has 3 rings (SSSR count). The summed E-state index contributed by atoms with van der Waals surface area (Å²) < 4.78 is 5.16.